The van der Waals surface area contributed by atoms with Crippen molar-refractivity contribution in [1.82, 2.24) is 5.32 Å². The van der Waals surface area contributed by atoms with Crippen LogP contribution in [-0.4, -0.2) is 31.5 Å². The second kappa shape index (κ2) is 4.59. The Labute approximate surface area is 83.2 Å². The van der Waals surface area contributed by atoms with Gasteiger partial charge in [0.2, 0.25) is 0 Å². The molecule has 14 heavy (non-hydrogen) atoms. The number of hydrogen-bond donors (Lipinski definition) is 1. The molecule has 0 aromatic heterocycles. The Balaban J connectivity index is 0.00000169. The molecule has 0 radical (unpaired) electrons. The lowest BCUT2D eigenvalue weighted by Crippen LogP contribution is -2.42. The van der Waals surface area contributed by atoms with Crippen molar-refractivity contribution in [2.24, 2.45) is 0 Å². The van der Waals surface area contributed by atoms with Gasteiger partial charge in [-0.3, -0.25) is 0 Å². The molecule has 1 rings (SSSR count). The summed E-state index contributed by atoms with van der Waals surface area (Å²) in [6, 6.07) is 0. The van der Waals surface area contributed by atoms with Crippen molar-refractivity contribution in [3.63, 3.8) is 0 Å². The number of alkyl halides is 5. The third kappa shape index (κ3) is 3.21. The maximum Gasteiger partial charge on any atom is 0.482 e. The molecule has 8 heteroatoms. The highest BCUT2D eigenvalue weighted by molar-refractivity contribution is 5.85. The Bertz CT molecular complexity index is 180. The molecule has 1 N–H and O–H groups in total. The normalized spacial score (nSPS) is 23.4. The van der Waals surface area contributed by atoms with E-state index in [1.807, 2.05) is 0 Å². The fourth-order valence-corrected chi connectivity index (χ4v) is 1.00. The molecule has 86 valence electrons. The molecule has 1 fully saturated rings. The quantitative estimate of drug-likeness (QED) is 0.746. The SMILES string of the molecule is Cl.FC(F)(F)C(F)(F)OC1CCNC1. The minimum Gasteiger partial charge on any atom is -0.314 e. The van der Waals surface area contributed by atoms with Gasteiger partial charge in [-0.15, -0.1) is 12.4 Å². The molecule has 2 nitrogen and oxygen atoms in total. The Morgan fingerprint density at radius 2 is 1.71 bits per heavy atom. The highest BCUT2D eigenvalue weighted by atomic mass is 35.5. The molecule has 1 aliphatic rings. The van der Waals surface area contributed by atoms with E-state index in [1.54, 1.807) is 0 Å². The molecule has 1 atom stereocenters. The smallest absolute Gasteiger partial charge is 0.314 e. The Hall–Kier alpha value is -0.140. The van der Waals surface area contributed by atoms with Gasteiger partial charge in [-0.25, -0.2) is 0 Å². The van der Waals surface area contributed by atoms with Gasteiger partial charge in [0.25, 0.3) is 0 Å². The van der Waals surface area contributed by atoms with Crippen molar-refractivity contribution >= 4 is 12.4 Å². The third-order valence-corrected chi connectivity index (χ3v) is 1.66. The summed E-state index contributed by atoms with van der Waals surface area (Å²) in [5.41, 5.74) is 0. The number of nitrogens with one attached hydrogen (secondary N) is 1. The third-order valence-electron chi connectivity index (χ3n) is 1.66. The first kappa shape index (κ1) is 13.9. The lowest BCUT2D eigenvalue weighted by atomic mass is 10.3. The summed E-state index contributed by atoms with van der Waals surface area (Å²) in [5.74, 6) is 0. The van der Waals surface area contributed by atoms with Crippen molar-refractivity contribution in [2.45, 2.75) is 24.8 Å². The number of halogens is 6. The van der Waals surface area contributed by atoms with E-state index in [0.717, 1.165) is 0 Å². The van der Waals surface area contributed by atoms with Crippen LogP contribution in [0.2, 0.25) is 0 Å². The summed E-state index contributed by atoms with van der Waals surface area (Å²) < 4.78 is 62.8. The van der Waals surface area contributed by atoms with E-state index in [4.69, 9.17) is 0 Å². The molecule has 1 unspecified atom stereocenters. The minimum absolute atomic E-state index is 0. The Kier molecular flexibility index (Phi) is 4.54. The van der Waals surface area contributed by atoms with Crippen LogP contribution in [-0.2, 0) is 4.74 Å². The van der Waals surface area contributed by atoms with E-state index < -0.39 is 18.4 Å². The summed E-state index contributed by atoms with van der Waals surface area (Å²) in [5, 5.41) is 2.62. The first-order valence-electron chi connectivity index (χ1n) is 3.66. The maximum absolute atomic E-state index is 12.2. The molecule has 0 amide bonds. The minimum atomic E-state index is -5.63. The zero-order chi connectivity index (χ0) is 10.1. The maximum atomic E-state index is 12.2. The van der Waals surface area contributed by atoms with Crippen LogP contribution in [0.5, 0.6) is 0 Å². The van der Waals surface area contributed by atoms with Crippen molar-refractivity contribution in [1.29, 1.82) is 0 Å². The van der Waals surface area contributed by atoms with Gasteiger partial charge in [-0.05, 0) is 13.0 Å². The molecule has 0 saturated carbocycles. The summed E-state index contributed by atoms with van der Waals surface area (Å²) in [6.45, 7) is 0.435. The van der Waals surface area contributed by atoms with Crippen molar-refractivity contribution in [3.05, 3.63) is 0 Å². The zero-order valence-electron chi connectivity index (χ0n) is 6.90. The van der Waals surface area contributed by atoms with Crippen LogP contribution in [0.1, 0.15) is 6.42 Å². The van der Waals surface area contributed by atoms with Crippen LogP contribution >= 0.6 is 12.4 Å². The standard InChI is InChI=1S/C6H8F5NO.ClH/c7-5(8,9)6(10,11)13-4-1-2-12-3-4;/h4,12H,1-3H2;1H. The van der Waals surface area contributed by atoms with Crippen LogP contribution in [0, 0.1) is 0 Å². The van der Waals surface area contributed by atoms with Crippen molar-refractivity contribution in [2.75, 3.05) is 13.1 Å². The van der Waals surface area contributed by atoms with Crippen LogP contribution < -0.4 is 5.32 Å². The van der Waals surface area contributed by atoms with E-state index in [-0.39, 0.29) is 25.4 Å². The van der Waals surface area contributed by atoms with E-state index in [0.29, 0.717) is 6.54 Å². The number of rotatable bonds is 2. The molecule has 0 spiro atoms. The van der Waals surface area contributed by atoms with Crippen LogP contribution in [0.3, 0.4) is 0 Å². The first-order chi connectivity index (χ1) is 5.83. The van der Waals surface area contributed by atoms with Crippen LogP contribution in [0.25, 0.3) is 0 Å². The van der Waals surface area contributed by atoms with Crippen molar-refractivity contribution in [3.8, 4) is 0 Å². The lowest BCUT2D eigenvalue weighted by Gasteiger charge is -2.22. The summed E-state index contributed by atoms with van der Waals surface area (Å²) in [4.78, 5) is 0. The monoisotopic (exact) mass is 241 g/mol. The Morgan fingerprint density at radius 1 is 1.14 bits per heavy atom. The second-order valence-electron chi connectivity index (χ2n) is 2.75. The van der Waals surface area contributed by atoms with Gasteiger partial charge in [0.1, 0.15) is 0 Å². The molecular formula is C6H9ClF5NO. The van der Waals surface area contributed by atoms with Gasteiger partial charge in [0, 0.05) is 6.54 Å². The van der Waals surface area contributed by atoms with Gasteiger partial charge in [-0.2, -0.15) is 22.0 Å². The topological polar surface area (TPSA) is 21.3 Å². The molecule has 0 aromatic rings. The highest BCUT2D eigenvalue weighted by Gasteiger charge is 2.60. The van der Waals surface area contributed by atoms with Crippen LogP contribution in [0.15, 0.2) is 0 Å². The van der Waals surface area contributed by atoms with E-state index in [2.05, 4.69) is 10.1 Å². The summed E-state index contributed by atoms with van der Waals surface area (Å²) in [7, 11) is 0. The molecule has 1 saturated heterocycles. The predicted molar refractivity (Wildman–Crippen MR) is 40.6 cm³/mol. The Morgan fingerprint density at radius 3 is 2.07 bits per heavy atom. The fraction of sp³-hybridized carbons (Fsp3) is 1.00. The van der Waals surface area contributed by atoms with Crippen molar-refractivity contribution < 1.29 is 26.7 Å². The zero-order valence-corrected chi connectivity index (χ0v) is 7.72. The summed E-state index contributed by atoms with van der Waals surface area (Å²) >= 11 is 0. The average Bonchev–Trinajstić information content (AvgIpc) is 2.35. The van der Waals surface area contributed by atoms with E-state index in [1.165, 1.54) is 0 Å². The molecule has 1 aliphatic heterocycles. The second-order valence-corrected chi connectivity index (χ2v) is 2.75. The molecule has 0 aromatic carbocycles. The first-order valence-corrected chi connectivity index (χ1v) is 3.66. The van der Waals surface area contributed by atoms with Gasteiger partial charge < -0.3 is 10.1 Å². The average molecular weight is 242 g/mol. The molecule has 0 aliphatic carbocycles. The number of ether oxygens (including phenoxy) is 1. The van der Waals surface area contributed by atoms with Gasteiger partial charge in [0.05, 0.1) is 6.10 Å². The molecule has 0 bridgehead atoms. The lowest BCUT2D eigenvalue weighted by molar-refractivity contribution is -0.400. The molecular weight excluding hydrogens is 233 g/mol. The number of hydrogen-bond acceptors (Lipinski definition) is 2. The van der Waals surface area contributed by atoms with Gasteiger partial charge in [0.15, 0.2) is 0 Å². The van der Waals surface area contributed by atoms with Crippen LogP contribution in [0.4, 0.5) is 22.0 Å². The summed E-state index contributed by atoms with van der Waals surface area (Å²) in [6.07, 6.45) is -11.6. The fourth-order valence-electron chi connectivity index (χ4n) is 1.00. The van der Waals surface area contributed by atoms with Gasteiger partial charge in [-0.1, -0.05) is 0 Å². The van der Waals surface area contributed by atoms with E-state index >= 15 is 0 Å². The predicted octanol–water partition coefficient (Wildman–Crippen LogP) is 1.94. The largest absolute Gasteiger partial charge is 0.482 e. The molecule has 1 heterocycles. The highest BCUT2D eigenvalue weighted by Crippen LogP contribution is 2.37. The van der Waals surface area contributed by atoms with E-state index in [9.17, 15) is 22.0 Å². The van der Waals surface area contributed by atoms with Gasteiger partial charge >= 0.3 is 12.3 Å².